The first-order chi connectivity index (χ1) is 14.3. The number of aromatic nitrogens is 2. The third-order valence-electron chi connectivity index (χ3n) is 4.76. The maximum absolute atomic E-state index is 14.7. The molecule has 1 aromatic heterocycles. The van der Waals surface area contributed by atoms with Gasteiger partial charge in [0.15, 0.2) is 0 Å². The molecule has 0 bridgehead atoms. The minimum absolute atomic E-state index is 0.114. The van der Waals surface area contributed by atoms with Gasteiger partial charge in [-0.2, -0.15) is 5.10 Å². The highest BCUT2D eigenvalue weighted by Crippen LogP contribution is 2.28. The van der Waals surface area contributed by atoms with E-state index < -0.39 is 23.7 Å². The molecule has 0 fully saturated rings. The summed E-state index contributed by atoms with van der Waals surface area (Å²) >= 11 is 6.03. The Bertz CT molecular complexity index is 1080. The number of halogens is 2. The molecule has 0 saturated carbocycles. The molecular formula is C22H22ClFN4O2. The van der Waals surface area contributed by atoms with E-state index >= 15 is 0 Å². The average molecular weight is 429 g/mol. The first-order valence-electron chi connectivity index (χ1n) is 9.44. The number of primary amides is 1. The molecule has 6 nitrogen and oxygen atoms in total. The summed E-state index contributed by atoms with van der Waals surface area (Å²) in [6.07, 6.45) is 1.27. The van der Waals surface area contributed by atoms with Crippen molar-refractivity contribution in [1.29, 1.82) is 0 Å². The van der Waals surface area contributed by atoms with Gasteiger partial charge in [-0.1, -0.05) is 43.6 Å². The lowest BCUT2D eigenvalue weighted by atomic mass is 9.98. The molecule has 0 aliphatic carbocycles. The van der Waals surface area contributed by atoms with Crippen molar-refractivity contribution < 1.29 is 14.0 Å². The molecule has 1 atom stereocenters. The molecular weight excluding hydrogens is 407 g/mol. The molecule has 0 spiro atoms. The zero-order valence-electron chi connectivity index (χ0n) is 16.6. The van der Waals surface area contributed by atoms with Gasteiger partial charge in [0.2, 0.25) is 5.91 Å². The summed E-state index contributed by atoms with van der Waals surface area (Å²) in [5, 5.41) is 9.91. The van der Waals surface area contributed by atoms with Crippen molar-refractivity contribution in [2.24, 2.45) is 5.73 Å². The van der Waals surface area contributed by atoms with Gasteiger partial charge in [0.05, 0.1) is 18.0 Å². The molecule has 4 N–H and O–H groups in total. The second kappa shape index (κ2) is 9.09. The number of rotatable bonds is 7. The largest absolute Gasteiger partial charge is 0.370 e. The molecule has 0 aliphatic rings. The molecule has 0 unspecified atom stereocenters. The minimum atomic E-state index is -0.690. The topological polar surface area (TPSA) is 101 Å². The van der Waals surface area contributed by atoms with Gasteiger partial charge in [0, 0.05) is 16.8 Å². The Morgan fingerprint density at radius 1 is 1.20 bits per heavy atom. The van der Waals surface area contributed by atoms with Crippen LogP contribution in [-0.2, 0) is 4.79 Å². The Hall–Kier alpha value is -3.19. The van der Waals surface area contributed by atoms with E-state index in [4.69, 9.17) is 17.3 Å². The van der Waals surface area contributed by atoms with Crippen LogP contribution in [0.15, 0.2) is 48.7 Å². The Morgan fingerprint density at radius 3 is 2.60 bits per heavy atom. The Balaban J connectivity index is 1.91. The summed E-state index contributed by atoms with van der Waals surface area (Å²) in [7, 11) is 0. The number of nitrogens with two attached hydrogens (primary N) is 1. The SMILES string of the molecule is CC(C)c1ccc(-c2n[nH]cc2C(=O)N[C@@H](CC(N)=O)c2cccc(Cl)c2)c(F)c1. The lowest BCUT2D eigenvalue weighted by molar-refractivity contribution is -0.118. The van der Waals surface area contributed by atoms with Crippen LogP contribution in [0.5, 0.6) is 0 Å². The summed E-state index contributed by atoms with van der Waals surface area (Å²) < 4.78 is 14.7. The van der Waals surface area contributed by atoms with Gasteiger partial charge in [0.25, 0.3) is 5.91 Å². The highest BCUT2D eigenvalue weighted by molar-refractivity contribution is 6.30. The van der Waals surface area contributed by atoms with Crippen LogP contribution >= 0.6 is 11.6 Å². The number of carbonyl (C=O) groups excluding carboxylic acids is 2. The highest BCUT2D eigenvalue weighted by Gasteiger charge is 2.23. The van der Waals surface area contributed by atoms with E-state index in [1.54, 1.807) is 36.4 Å². The molecule has 3 rings (SSSR count). The third-order valence-corrected chi connectivity index (χ3v) is 5.00. The number of carbonyl (C=O) groups is 2. The van der Waals surface area contributed by atoms with Crippen molar-refractivity contribution in [1.82, 2.24) is 15.5 Å². The number of aromatic amines is 1. The molecule has 2 amide bonds. The van der Waals surface area contributed by atoms with Gasteiger partial charge in [-0.05, 0) is 41.3 Å². The van der Waals surface area contributed by atoms with Gasteiger partial charge in [-0.3, -0.25) is 14.7 Å². The quantitative estimate of drug-likeness (QED) is 0.521. The van der Waals surface area contributed by atoms with Crippen LogP contribution in [0.25, 0.3) is 11.3 Å². The summed E-state index contributed by atoms with van der Waals surface area (Å²) in [6, 6.07) is 11.0. The van der Waals surface area contributed by atoms with Crippen molar-refractivity contribution in [3.63, 3.8) is 0 Å². The maximum atomic E-state index is 14.7. The van der Waals surface area contributed by atoms with Gasteiger partial charge in [-0.15, -0.1) is 0 Å². The van der Waals surface area contributed by atoms with Crippen molar-refractivity contribution in [3.8, 4) is 11.3 Å². The summed E-state index contributed by atoms with van der Waals surface area (Å²) in [5.74, 6) is -1.39. The number of benzene rings is 2. The van der Waals surface area contributed by atoms with Crippen LogP contribution < -0.4 is 11.1 Å². The van der Waals surface area contributed by atoms with Crippen LogP contribution in [0.4, 0.5) is 4.39 Å². The van der Waals surface area contributed by atoms with E-state index in [1.807, 2.05) is 13.8 Å². The minimum Gasteiger partial charge on any atom is -0.370 e. The normalized spacial score (nSPS) is 12.0. The van der Waals surface area contributed by atoms with Crippen LogP contribution in [-0.4, -0.2) is 22.0 Å². The fraction of sp³-hybridized carbons (Fsp3) is 0.227. The highest BCUT2D eigenvalue weighted by atomic mass is 35.5. The van der Waals surface area contributed by atoms with E-state index in [9.17, 15) is 14.0 Å². The summed E-state index contributed by atoms with van der Waals surface area (Å²) in [5.41, 5.74) is 7.38. The molecule has 156 valence electrons. The lowest BCUT2D eigenvalue weighted by Gasteiger charge is -2.18. The predicted molar refractivity (Wildman–Crippen MR) is 114 cm³/mol. The average Bonchev–Trinajstić information content (AvgIpc) is 3.16. The van der Waals surface area contributed by atoms with Crippen molar-refractivity contribution in [3.05, 3.63) is 76.2 Å². The third kappa shape index (κ3) is 4.86. The molecule has 30 heavy (non-hydrogen) atoms. The van der Waals surface area contributed by atoms with Crippen molar-refractivity contribution in [2.45, 2.75) is 32.2 Å². The number of hydrogen-bond donors (Lipinski definition) is 3. The number of H-pyrrole nitrogens is 1. The van der Waals surface area contributed by atoms with E-state index in [-0.39, 0.29) is 29.2 Å². The first kappa shape index (κ1) is 21.5. The van der Waals surface area contributed by atoms with Crippen LogP contribution in [0.3, 0.4) is 0 Å². The Kier molecular flexibility index (Phi) is 6.52. The van der Waals surface area contributed by atoms with Crippen LogP contribution in [0.1, 0.15) is 53.7 Å². The summed E-state index contributed by atoms with van der Waals surface area (Å²) in [4.78, 5) is 24.5. The molecule has 0 radical (unpaired) electrons. The molecule has 0 aliphatic heterocycles. The monoisotopic (exact) mass is 428 g/mol. The van der Waals surface area contributed by atoms with E-state index in [0.29, 0.717) is 10.6 Å². The molecule has 0 saturated heterocycles. The fourth-order valence-corrected chi connectivity index (χ4v) is 3.36. The van der Waals surface area contributed by atoms with Gasteiger partial charge >= 0.3 is 0 Å². The first-order valence-corrected chi connectivity index (χ1v) is 9.82. The maximum Gasteiger partial charge on any atom is 0.255 e. The molecule has 2 aromatic carbocycles. The lowest BCUT2D eigenvalue weighted by Crippen LogP contribution is -2.32. The van der Waals surface area contributed by atoms with Crippen molar-refractivity contribution >= 4 is 23.4 Å². The zero-order chi connectivity index (χ0) is 21.8. The van der Waals surface area contributed by atoms with Gasteiger partial charge < -0.3 is 11.1 Å². The van der Waals surface area contributed by atoms with E-state index in [2.05, 4.69) is 15.5 Å². The van der Waals surface area contributed by atoms with Crippen LogP contribution in [0.2, 0.25) is 5.02 Å². The Labute approximate surface area is 178 Å². The second-order valence-corrected chi connectivity index (χ2v) is 7.73. The predicted octanol–water partition coefficient (Wildman–Crippen LogP) is 4.34. The van der Waals surface area contributed by atoms with E-state index in [0.717, 1.165) is 5.56 Å². The number of nitrogens with one attached hydrogen (secondary N) is 2. The molecule has 3 aromatic rings. The van der Waals surface area contributed by atoms with Gasteiger partial charge in [-0.25, -0.2) is 4.39 Å². The Morgan fingerprint density at radius 2 is 1.97 bits per heavy atom. The standard InChI is InChI=1S/C22H22ClFN4O2/c1-12(2)13-6-7-16(18(24)9-13)21-17(11-26-28-21)22(30)27-19(10-20(25)29)14-4-3-5-15(23)8-14/h3-9,11-12,19H,10H2,1-2H3,(H2,25,29)(H,26,28)(H,27,30)/t19-/m0/s1. The number of nitrogens with zero attached hydrogens (tertiary/aromatic N) is 1. The molecule has 1 heterocycles. The fourth-order valence-electron chi connectivity index (χ4n) is 3.16. The second-order valence-electron chi connectivity index (χ2n) is 7.29. The van der Waals surface area contributed by atoms with Gasteiger partial charge in [0.1, 0.15) is 11.5 Å². The molecule has 8 heteroatoms. The van der Waals surface area contributed by atoms with E-state index in [1.165, 1.54) is 12.3 Å². The summed E-state index contributed by atoms with van der Waals surface area (Å²) in [6.45, 7) is 3.94. The van der Waals surface area contributed by atoms with Crippen LogP contribution in [0, 0.1) is 5.82 Å². The van der Waals surface area contributed by atoms with Crippen molar-refractivity contribution in [2.75, 3.05) is 0 Å². The number of amides is 2. The number of hydrogen-bond acceptors (Lipinski definition) is 3. The smallest absolute Gasteiger partial charge is 0.255 e. The zero-order valence-corrected chi connectivity index (χ0v) is 17.3.